The molecule has 0 aliphatic heterocycles. The molecule has 0 fully saturated rings. The largest absolute Gasteiger partial charge is 0.381 e. The normalized spacial score (nSPS) is 11.0. The Balaban J connectivity index is 1.60. The van der Waals surface area contributed by atoms with Crippen molar-refractivity contribution in [2.24, 2.45) is 0 Å². The summed E-state index contributed by atoms with van der Waals surface area (Å²) < 4.78 is 0. The van der Waals surface area contributed by atoms with Crippen LogP contribution in [0.25, 0.3) is 22.1 Å². The van der Waals surface area contributed by atoms with E-state index < -0.39 is 0 Å². The number of aromatic amines is 1. The zero-order valence-corrected chi connectivity index (χ0v) is 11.2. The number of H-pyrrole nitrogens is 1. The van der Waals surface area contributed by atoms with Crippen molar-refractivity contribution in [3.8, 4) is 0 Å². The summed E-state index contributed by atoms with van der Waals surface area (Å²) in [6.07, 6.45) is 7.19. The molecule has 0 aliphatic rings. The zero-order valence-electron chi connectivity index (χ0n) is 11.2. The number of benzene rings is 1. The van der Waals surface area contributed by atoms with Gasteiger partial charge in [-0.05, 0) is 35.9 Å². The van der Waals surface area contributed by atoms with E-state index >= 15 is 0 Å². The molecule has 5 nitrogen and oxygen atoms in total. The van der Waals surface area contributed by atoms with Crippen LogP contribution in [-0.4, -0.2) is 19.9 Å². The van der Waals surface area contributed by atoms with E-state index in [1.165, 1.54) is 5.56 Å². The van der Waals surface area contributed by atoms with Crippen LogP contribution in [0.5, 0.6) is 0 Å². The van der Waals surface area contributed by atoms with Crippen molar-refractivity contribution in [3.05, 3.63) is 60.7 Å². The summed E-state index contributed by atoms with van der Waals surface area (Å²) in [4.78, 5) is 16.1. The van der Waals surface area contributed by atoms with E-state index in [1.54, 1.807) is 18.6 Å². The molecule has 0 amide bonds. The number of hydrogen-bond acceptors (Lipinski definition) is 4. The lowest BCUT2D eigenvalue weighted by atomic mass is 10.2. The SMILES string of the molecule is c1cnc2[nH]cc(CNc3ccc4nccnc4c3)c2c1. The van der Waals surface area contributed by atoms with Crippen molar-refractivity contribution in [2.45, 2.75) is 6.54 Å². The van der Waals surface area contributed by atoms with E-state index in [0.29, 0.717) is 0 Å². The van der Waals surface area contributed by atoms with E-state index in [2.05, 4.69) is 31.3 Å². The third-order valence-corrected chi connectivity index (χ3v) is 3.49. The number of rotatable bonds is 3. The minimum Gasteiger partial charge on any atom is -0.381 e. The molecule has 102 valence electrons. The Morgan fingerprint density at radius 3 is 2.81 bits per heavy atom. The first-order valence-electron chi connectivity index (χ1n) is 6.76. The molecule has 2 N–H and O–H groups in total. The van der Waals surface area contributed by atoms with Crippen molar-refractivity contribution < 1.29 is 0 Å². The van der Waals surface area contributed by atoms with Crippen molar-refractivity contribution in [3.63, 3.8) is 0 Å². The van der Waals surface area contributed by atoms with Crippen LogP contribution in [0.15, 0.2) is 55.1 Å². The molecule has 4 aromatic rings. The highest BCUT2D eigenvalue weighted by atomic mass is 14.9. The summed E-state index contributed by atoms with van der Waals surface area (Å²) in [5, 5.41) is 4.56. The molecule has 0 bridgehead atoms. The van der Waals surface area contributed by atoms with Crippen molar-refractivity contribution in [1.82, 2.24) is 19.9 Å². The van der Waals surface area contributed by atoms with Crippen LogP contribution in [0.1, 0.15) is 5.56 Å². The van der Waals surface area contributed by atoms with Gasteiger partial charge in [-0.3, -0.25) is 9.97 Å². The van der Waals surface area contributed by atoms with E-state index in [4.69, 9.17) is 0 Å². The third kappa shape index (κ3) is 2.18. The highest BCUT2D eigenvalue weighted by Crippen LogP contribution is 2.19. The van der Waals surface area contributed by atoms with Gasteiger partial charge in [-0.2, -0.15) is 0 Å². The molecule has 3 heterocycles. The molecule has 0 saturated carbocycles. The third-order valence-electron chi connectivity index (χ3n) is 3.49. The highest BCUT2D eigenvalue weighted by Gasteiger charge is 2.04. The molecule has 0 aliphatic carbocycles. The van der Waals surface area contributed by atoms with Gasteiger partial charge in [-0.25, -0.2) is 4.98 Å². The average Bonchev–Trinajstić information content (AvgIpc) is 2.96. The Morgan fingerprint density at radius 1 is 0.952 bits per heavy atom. The summed E-state index contributed by atoms with van der Waals surface area (Å²) in [7, 11) is 0. The molecular weight excluding hydrogens is 262 g/mol. The lowest BCUT2D eigenvalue weighted by molar-refractivity contribution is 1.16. The summed E-state index contributed by atoms with van der Waals surface area (Å²) in [5.41, 5.74) is 4.93. The van der Waals surface area contributed by atoms with Gasteiger partial charge in [-0.15, -0.1) is 0 Å². The van der Waals surface area contributed by atoms with Gasteiger partial charge in [0.2, 0.25) is 0 Å². The second-order valence-corrected chi connectivity index (χ2v) is 4.83. The summed E-state index contributed by atoms with van der Waals surface area (Å²) in [6.45, 7) is 0.734. The monoisotopic (exact) mass is 275 g/mol. The molecule has 5 heteroatoms. The maximum Gasteiger partial charge on any atom is 0.137 e. The van der Waals surface area contributed by atoms with E-state index in [0.717, 1.165) is 34.3 Å². The minimum atomic E-state index is 0.734. The molecule has 0 spiro atoms. The van der Waals surface area contributed by atoms with Crippen molar-refractivity contribution in [2.75, 3.05) is 5.32 Å². The molecule has 0 saturated heterocycles. The number of fused-ring (bicyclic) bond motifs is 2. The van der Waals surface area contributed by atoms with Crippen molar-refractivity contribution in [1.29, 1.82) is 0 Å². The van der Waals surface area contributed by atoms with Crippen LogP contribution < -0.4 is 5.32 Å². The fraction of sp³-hybridized carbons (Fsp3) is 0.0625. The van der Waals surface area contributed by atoms with Crippen LogP contribution in [-0.2, 0) is 6.54 Å². The first-order valence-corrected chi connectivity index (χ1v) is 6.76. The van der Waals surface area contributed by atoms with Crippen molar-refractivity contribution >= 4 is 27.8 Å². The number of hydrogen-bond donors (Lipinski definition) is 2. The summed E-state index contributed by atoms with van der Waals surface area (Å²) >= 11 is 0. The van der Waals surface area contributed by atoms with E-state index in [-0.39, 0.29) is 0 Å². The first kappa shape index (κ1) is 11.8. The molecule has 0 unspecified atom stereocenters. The smallest absolute Gasteiger partial charge is 0.137 e. The molecule has 0 radical (unpaired) electrons. The first-order chi connectivity index (χ1) is 10.4. The Hall–Kier alpha value is -2.95. The van der Waals surface area contributed by atoms with Gasteiger partial charge in [0.1, 0.15) is 5.65 Å². The Labute approximate surface area is 121 Å². The Morgan fingerprint density at radius 2 is 1.86 bits per heavy atom. The van der Waals surface area contributed by atoms with Crippen LogP contribution in [0.3, 0.4) is 0 Å². The lowest BCUT2D eigenvalue weighted by Gasteiger charge is -2.06. The van der Waals surface area contributed by atoms with Crippen LogP contribution in [0.4, 0.5) is 5.69 Å². The fourth-order valence-corrected chi connectivity index (χ4v) is 2.43. The fourth-order valence-electron chi connectivity index (χ4n) is 2.43. The number of anilines is 1. The number of aromatic nitrogens is 4. The second kappa shape index (κ2) is 4.86. The van der Waals surface area contributed by atoms with Gasteiger partial charge in [0.25, 0.3) is 0 Å². The van der Waals surface area contributed by atoms with Crippen LogP contribution >= 0.6 is 0 Å². The highest BCUT2D eigenvalue weighted by molar-refractivity contribution is 5.80. The molecule has 21 heavy (non-hydrogen) atoms. The lowest BCUT2D eigenvalue weighted by Crippen LogP contribution is -1.98. The van der Waals surface area contributed by atoms with Crippen LogP contribution in [0.2, 0.25) is 0 Å². The predicted molar refractivity (Wildman–Crippen MR) is 83.0 cm³/mol. The minimum absolute atomic E-state index is 0.734. The Bertz CT molecular complexity index is 912. The molecular formula is C16H13N5. The maximum atomic E-state index is 4.32. The second-order valence-electron chi connectivity index (χ2n) is 4.83. The zero-order chi connectivity index (χ0) is 14.1. The van der Waals surface area contributed by atoms with Crippen LogP contribution in [0, 0.1) is 0 Å². The average molecular weight is 275 g/mol. The summed E-state index contributed by atoms with van der Waals surface area (Å²) in [6, 6.07) is 10.0. The molecule has 4 rings (SSSR count). The van der Waals surface area contributed by atoms with Gasteiger partial charge in [-0.1, -0.05) is 0 Å². The van der Waals surface area contributed by atoms with E-state index in [1.807, 2.05) is 30.5 Å². The number of nitrogens with one attached hydrogen (secondary N) is 2. The number of pyridine rings is 1. The topological polar surface area (TPSA) is 66.5 Å². The van der Waals surface area contributed by atoms with Gasteiger partial charge < -0.3 is 10.3 Å². The van der Waals surface area contributed by atoms with Gasteiger partial charge in [0.15, 0.2) is 0 Å². The molecule has 1 aromatic carbocycles. The Kier molecular flexibility index (Phi) is 2.74. The maximum absolute atomic E-state index is 4.32. The predicted octanol–water partition coefficient (Wildman–Crippen LogP) is 3.12. The number of nitrogens with zero attached hydrogens (tertiary/aromatic N) is 3. The van der Waals surface area contributed by atoms with Gasteiger partial charge >= 0.3 is 0 Å². The van der Waals surface area contributed by atoms with Gasteiger partial charge in [0, 0.05) is 42.4 Å². The molecule has 3 aromatic heterocycles. The summed E-state index contributed by atoms with van der Waals surface area (Å²) in [5.74, 6) is 0. The quantitative estimate of drug-likeness (QED) is 0.603. The molecule has 0 atom stereocenters. The van der Waals surface area contributed by atoms with Gasteiger partial charge in [0.05, 0.1) is 11.0 Å². The van der Waals surface area contributed by atoms with E-state index in [9.17, 15) is 0 Å². The standard InChI is InChI=1S/C16H13N5/c1-2-13-11(10-21-16(13)19-5-1)9-20-12-3-4-14-15(8-12)18-7-6-17-14/h1-8,10,20H,9H2,(H,19,21).